The molecule has 9 heteroatoms. The monoisotopic (exact) mass is 524 g/mol. The maximum atomic E-state index is 13.0. The number of anilines is 2. The molecule has 178 valence electrons. The van der Waals surface area contributed by atoms with Gasteiger partial charge in [0, 0.05) is 10.7 Å². The molecule has 0 spiro atoms. The van der Waals surface area contributed by atoms with Gasteiger partial charge in [-0.15, -0.1) is 0 Å². The summed E-state index contributed by atoms with van der Waals surface area (Å²) in [4.78, 5) is 27.3. The first-order valence-corrected chi connectivity index (χ1v) is 12.1. The van der Waals surface area contributed by atoms with E-state index in [1.54, 1.807) is 48.5 Å². The van der Waals surface area contributed by atoms with Crippen molar-refractivity contribution < 1.29 is 19.1 Å². The van der Waals surface area contributed by atoms with Gasteiger partial charge in [0.1, 0.15) is 0 Å². The van der Waals surface area contributed by atoms with E-state index in [0.717, 1.165) is 16.8 Å². The van der Waals surface area contributed by atoms with E-state index in [-0.39, 0.29) is 18.4 Å². The standard InChI is InChI=1S/C26H21ClN2O4S2/c1-16-4-3-5-20(12-16)29-25(31)23(35-26(29)34)14-17-6-11-21(22(13-17)32-2)33-15-24(30)28-19-9-7-18(27)8-10-19/h3-14H,15H2,1-2H3,(H,28,30)/b23-14-. The van der Waals surface area contributed by atoms with Crippen molar-refractivity contribution in [3.63, 3.8) is 0 Å². The minimum absolute atomic E-state index is 0.177. The average Bonchev–Trinajstić information content (AvgIpc) is 3.12. The van der Waals surface area contributed by atoms with Gasteiger partial charge in [-0.1, -0.05) is 53.8 Å². The number of carbonyl (C=O) groups is 2. The Morgan fingerprint density at radius 1 is 1.11 bits per heavy atom. The van der Waals surface area contributed by atoms with Crippen molar-refractivity contribution in [3.05, 3.63) is 87.8 Å². The third-order valence-electron chi connectivity index (χ3n) is 5.03. The second-order valence-electron chi connectivity index (χ2n) is 7.61. The summed E-state index contributed by atoms with van der Waals surface area (Å²) in [6, 6.07) is 19.7. The molecule has 35 heavy (non-hydrogen) atoms. The number of hydrogen-bond acceptors (Lipinski definition) is 6. The van der Waals surface area contributed by atoms with E-state index in [4.69, 9.17) is 33.3 Å². The van der Waals surface area contributed by atoms with Crippen LogP contribution in [-0.2, 0) is 9.59 Å². The van der Waals surface area contributed by atoms with E-state index in [1.165, 1.54) is 23.8 Å². The van der Waals surface area contributed by atoms with Crippen molar-refractivity contribution in [2.75, 3.05) is 23.9 Å². The second kappa shape index (κ2) is 10.9. The Hall–Kier alpha value is -3.33. The van der Waals surface area contributed by atoms with Crippen molar-refractivity contribution in [3.8, 4) is 11.5 Å². The molecule has 1 fully saturated rings. The Morgan fingerprint density at radius 3 is 2.60 bits per heavy atom. The number of halogens is 1. The molecule has 0 aliphatic carbocycles. The zero-order valence-corrected chi connectivity index (χ0v) is 21.3. The lowest BCUT2D eigenvalue weighted by Crippen LogP contribution is -2.27. The fourth-order valence-corrected chi connectivity index (χ4v) is 4.80. The maximum absolute atomic E-state index is 13.0. The molecule has 4 rings (SSSR count). The van der Waals surface area contributed by atoms with E-state index >= 15 is 0 Å². The molecular weight excluding hydrogens is 504 g/mol. The Labute approximate surface area is 217 Å². The number of thiocarbonyl (C=S) groups is 1. The van der Waals surface area contributed by atoms with E-state index < -0.39 is 0 Å². The Bertz CT molecular complexity index is 1330. The van der Waals surface area contributed by atoms with Crippen molar-refractivity contribution in [2.45, 2.75) is 6.92 Å². The zero-order chi connectivity index (χ0) is 24.9. The van der Waals surface area contributed by atoms with Crippen LogP contribution in [0.3, 0.4) is 0 Å². The number of nitrogens with zero attached hydrogens (tertiary/aromatic N) is 1. The van der Waals surface area contributed by atoms with Gasteiger partial charge in [-0.2, -0.15) is 0 Å². The van der Waals surface area contributed by atoms with Crippen LogP contribution in [0.1, 0.15) is 11.1 Å². The molecule has 0 atom stereocenters. The highest BCUT2D eigenvalue weighted by Crippen LogP contribution is 2.37. The zero-order valence-electron chi connectivity index (χ0n) is 18.9. The molecule has 0 unspecified atom stereocenters. The minimum atomic E-state index is -0.321. The number of rotatable bonds is 7. The molecule has 0 radical (unpaired) electrons. The number of nitrogens with one attached hydrogen (secondary N) is 1. The van der Waals surface area contributed by atoms with Crippen LogP contribution in [0, 0.1) is 6.92 Å². The van der Waals surface area contributed by atoms with Crippen LogP contribution < -0.4 is 19.7 Å². The van der Waals surface area contributed by atoms with E-state index in [1.807, 2.05) is 31.2 Å². The summed E-state index contributed by atoms with van der Waals surface area (Å²) in [6.07, 6.45) is 1.76. The minimum Gasteiger partial charge on any atom is -0.493 e. The SMILES string of the molecule is COc1cc(/C=C2\SC(=S)N(c3cccc(C)c3)C2=O)ccc1OCC(=O)Nc1ccc(Cl)cc1. The maximum Gasteiger partial charge on any atom is 0.270 e. The molecule has 1 N–H and O–H groups in total. The van der Waals surface area contributed by atoms with E-state index in [2.05, 4.69) is 5.32 Å². The highest BCUT2D eigenvalue weighted by atomic mass is 35.5. The molecule has 0 aromatic heterocycles. The van der Waals surface area contributed by atoms with E-state index in [0.29, 0.717) is 31.4 Å². The smallest absolute Gasteiger partial charge is 0.270 e. The van der Waals surface area contributed by atoms with Crippen LogP contribution >= 0.6 is 35.6 Å². The van der Waals surface area contributed by atoms with Gasteiger partial charge < -0.3 is 14.8 Å². The molecule has 6 nitrogen and oxygen atoms in total. The van der Waals surface area contributed by atoms with Crippen molar-refractivity contribution in [1.82, 2.24) is 0 Å². The number of benzene rings is 3. The lowest BCUT2D eigenvalue weighted by Gasteiger charge is -2.14. The highest BCUT2D eigenvalue weighted by Gasteiger charge is 2.33. The van der Waals surface area contributed by atoms with Gasteiger partial charge in [0.25, 0.3) is 11.8 Å². The number of amides is 2. The Kier molecular flexibility index (Phi) is 7.75. The molecule has 1 saturated heterocycles. The summed E-state index contributed by atoms with van der Waals surface area (Å²) >= 11 is 12.6. The van der Waals surface area contributed by atoms with Gasteiger partial charge in [-0.3, -0.25) is 14.5 Å². The molecule has 2 amide bonds. The van der Waals surface area contributed by atoms with Crippen LogP contribution in [0.25, 0.3) is 6.08 Å². The predicted molar refractivity (Wildman–Crippen MR) is 145 cm³/mol. The van der Waals surface area contributed by atoms with Gasteiger partial charge >= 0.3 is 0 Å². The normalized spacial score (nSPS) is 14.4. The number of ether oxygens (including phenoxy) is 2. The Balaban J connectivity index is 1.45. The molecule has 1 heterocycles. The quantitative estimate of drug-likeness (QED) is 0.298. The molecule has 0 saturated carbocycles. The number of hydrogen-bond donors (Lipinski definition) is 1. The first-order chi connectivity index (χ1) is 16.8. The van der Waals surface area contributed by atoms with Crippen LogP contribution in [-0.4, -0.2) is 29.9 Å². The molecule has 3 aromatic rings. The summed E-state index contributed by atoms with van der Waals surface area (Å²) in [7, 11) is 1.51. The number of aryl methyl sites for hydroxylation is 1. The summed E-state index contributed by atoms with van der Waals surface area (Å²) in [5, 5.41) is 3.32. The van der Waals surface area contributed by atoms with E-state index in [9.17, 15) is 9.59 Å². The fraction of sp³-hybridized carbons (Fsp3) is 0.115. The Morgan fingerprint density at radius 2 is 1.89 bits per heavy atom. The third-order valence-corrected chi connectivity index (χ3v) is 6.58. The number of carbonyl (C=O) groups excluding carboxylic acids is 2. The highest BCUT2D eigenvalue weighted by molar-refractivity contribution is 8.27. The fourth-order valence-electron chi connectivity index (χ4n) is 3.38. The van der Waals surface area contributed by atoms with Gasteiger partial charge in [0.15, 0.2) is 22.4 Å². The van der Waals surface area contributed by atoms with Gasteiger partial charge in [0.05, 0.1) is 17.7 Å². The summed E-state index contributed by atoms with van der Waals surface area (Å²) in [5.74, 6) is 0.345. The van der Waals surface area contributed by atoms with Gasteiger partial charge in [-0.05, 0) is 72.7 Å². The lowest BCUT2D eigenvalue weighted by atomic mass is 10.1. The summed E-state index contributed by atoms with van der Waals surface area (Å²) < 4.78 is 11.6. The van der Waals surface area contributed by atoms with Gasteiger partial charge in [0.2, 0.25) is 0 Å². The van der Waals surface area contributed by atoms with Crippen molar-refractivity contribution in [1.29, 1.82) is 0 Å². The van der Waals surface area contributed by atoms with Crippen molar-refractivity contribution in [2.24, 2.45) is 0 Å². The molecule has 3 aromatic carbocycles. The predicted octanol–water partition coefficient (Wildman–Crippen LogP) is 6.08. The van der Waals surface area contributed by atoms with Crippen LogP contribution in [0.2, 0.25) is 5.02 Å². The largest absolute Gasteiger partial charge is 0.493 e. The lowest BCUT2D eigenvalue weighted by molar-refractivity contribution is -0.118. The average molecular weight is 525 g/mol. The number of methoxy groups -OCH3 is 1. The van der Waals surface area contributed by atoms with Crippen LogP contribution in [0.4, 0.5) is 11.4 Å². The molecule has 0 bridgehead atoms. The summed E-state index contributed by atoms with van der Waals surface area (Å²) in [5.41, 5.74) is 3.15. The summed E-state index contributed by atoms with van der Waals surface area (Å²) in [6.45, 7) is 1.77. The second-order valence-corrected chi connectivity index (χ2v) is 9.72. The van der Waals surface area contributed by atoms with Crippen LogP contribution in [0.15, 0.2) is 71.6 Å². The van der Waals surface area contributed by atoms with Gasteiger partial charge in [-0.25, -0.2) is 0 Å². The first kappa shape index (κ1) is 24.8. The number of thioether (sulfide) groups is 1. The molecule has 1 aliphatic heterocycles. The molecule has 1 aliphatic rings. The van der Waals surface area contributed by atoms with Crippen LogP contribution in [0.5, 0.6) is 11.5 Å². The third kappa shape index (κ3) is 6.03. The topological polar surface area (TPSA) is 67.9 Å². The first-order valence-electron chi connectivity index (χ1n) is 10.5. The molecular formula is C26H21ClN2O4S2. The van der Waals surface area contributed by atoms with Crippen molar-refractivity contribution >= 4 is 69.2 Å².